The summed E-state index contributed by atoms with van der Waals surface area (Å²) < 4.78 is 5.37. The van der Waals surface area contributed by atoms with Crippen LogP contribution in [-0.2, 0) is 22.6 Å². The predicted molar refractivity (Wildman–Crippen MR) is 69.3 cm³/mol. The summed E-state index contributed by atoms with van der Waals surface area (Å²) >= 11 is 1.52. The van der Waals surface area contributed by atoms with Crippen molar-refractivity contribution in [1.82, 2.24) is 4.90 Å². The van der Waals surface area contributed by atoms with Crippen LogP contribution in [0.25, 0.3) is 0 Å². The first kappa shape index (κ1) is 12.6. The number of hydrogen-bond acceptors (Lipinski definition) is 4. The molecule has 0 aliphatic carbocycles. The van der Waals surface area contributed by atoms with Crippen LogP contribution in [0.1, 0.15) is 26.5 Å². The Hall–Kier alpha value is -1.40. The molecule has 3 rings (SSSR count). The van der Waals surface area contributed by atoms with Crippen LogP contribution >= 0.6 is 11.3 Å². The average Bonchev–Trinajstić information content (AvgIpc) is 3.04. The van der Waals surface area contributed by atoms with Crippen LogP contribution in [-0.4, -0.2) is 41.6 Å². The number of ether oxygens (including phenoxy) is 1. The van der Waals surface area contributed by atoms with Gasteiger partial charge in [0, 0.05) is 24.4 Å². The Kier molecular flexibility index (Phi) is 3.28. The molecule has 0 bridgehead atoms. The fourth-order valence-corrected chi connectivity index (χ4v) is 3.67. The van der Waals surface area contributed by atoms with Gasteiger partial charge in [0.25, 0.3) is 5.91 Å². The summed E-state index contributed by atoms with van der Waals surface area (Å²) in [7, 11) is 0. The Balaban J connectivity index is 1.74. The van der Waals surface area contributed by atoms with E-state index in [1.54, 1.807) is 4.90 Å². The lowest BCUT2D eigenvalue weighted by Gasteiger charge is -2.14. The van der Waals surface area contributed by atoms with E-state index >= 15 is 0 Å². The lowest BCUT2D eigenvalue weighted by atomic mass is 10.1. The Labute approximate surface area is 114 Å². The average molecular weight is 281 g/mol. The van der Waals surface area contributed by atoms with Gasteiger partial charge in [-0.3, -0.25) is 9.59 Å². The molecule has 1 aromatic heterocycles. The molecule has 2 aliphatic rings. The molecule has 0 radical (unpaired) electrons. The van der Waals surface area contributed by atoms with E-state index < -0.39 is 11.9 Å². The minimum absolute atomic E-state index is 0.0387. The van der Waals surface area contributed by atoms with Crippen molar-refractivity contribution < 1.29 is 19.4 Å². The van der Waals surface area contributed by atoms with E-state index in [0.29, 0.717) is 37.6 Å². The molecule has 0 spiro atoms. The van der Waals surface area contributed by atoms with Gasteiger partial charge in [-0.25, -0.2) is 0 Å². The number of carbonyl (C=O) groups excluding carboxylic acids is 1. The van der Waals surface area contributed by atoms with Crippen molar-refractivity contribution in [2.24, 2.45) is 5.92 Å². The number of likely N-dealkylation sites (tertiary alicyclic amines) is 1. The third-order valence-electron chi connectivity index (χ3n) is 3.66. The summed E-state index contributed by atoms with van der Waals surface area (Å²) in [6, 6.07) is 1.90. The Bertz CT molecular complexity index is 501. The molecule has 0 saturated carbocycles. The Morgan fingerprint density at radius 2 is 2.32 bits per heavy atom. The second-order valence-electron chi connectivity index (χ2n) is 4.94. The van der Waals surface area contributed by atoms with E-state index in [1.165, 1.54) is 16.2 Å². The molecular formula is C13H15NO4S. The first-order valence-corrected chi connectivity index (χ1v) is 7.18. The van der Waals surface area contributed by atoms with Gasteiger partial charge in [-0.2, -0.15) is 0 Å². The molecule has 1 aromatic rings. The molecule has 0 unspecified atom stereocenters. The van der Waals surface area contributed by atoms with Crippen LogP contribution in [0.5, 0.6) is 0 Å². The van der Waals surface area contributed by atoms with E-state index in [4.69, 9.17) is 9.84 Å². The molecule has 5 nitrogen and oxygen atoms in total. The van der Waals surface area contributed by atoms with Crippen molar-refractivity contribution in [2.45, 2.75) is 19.4 Å². The van der Waals surface area contributed by atoms with Gasteiger partial charge in [0.05, 0.1) is 24.0 Å². The van der Waals surface area contributed by atoms with E-state index in [2.05, 4.69) is 0 Å². The maximum Gasteiger partial charge on any atom is 0.308 e. The number of rotatable bonds is 2. The summed E-state index contributed by atoms with van der Waals surface area (Å²) in [5.41, 5.74) is 1.11. The molecule has 6 heteroatoms. The maximum atomic E-state index is 12.3. The second kappa shape index (κ2) is 4.94. The molecule has 1 fully saturated rings. The Morgan fingerprint density at radius 1 is 1.47 bits per heavy atom. The number of amides is 1. The molecule has 1 N–H and O–H groups in total. The van der Waals surface area contributed by atoms with Crippen molar-refractivity contribution in [1.29, 1.82) is 0 Å². The molecule has 3 heterocycles. The maximum absolute atomic E-state index is 12.3. The molecular weight excluding hydrogens is 266 g/mol. The van der Waals surface area contributed by atoms with Crippen LogP contribution in [0, 0.1) is 5.92 Å². The van der Waals surface area contributed by atoms with Crippen LogP contribution in [0.15, 0.2) is 6.07 Å². The molecule has 102 valence electrons. The number of carboxylic acids is 1. The van der Waals surface area contributed by atoms with Gasteiger partial charge >= 0.3 is 5.97 Å². The first-order valence-electron chi connectivity index (χ1n) is 6.36. The third kappa shape index (κ3) is 2.37. The molecule has 1 atom stereocenters. The van der Waals surface area contributed by atoms with Gasteiger partial charge in [0.1, 0.15) is 0 Å². The first-order chi connectivity index (χ1) is 9.15. The summed E-state index contributed by atoms with van der Waals surface area (Å²) in [5, 5.41) is 8.96. The van der Waals surface area contributed by atoms with Crippen LogP contribution in [0.3, 0.4) is 0 Å². The number of aliphatic carboxylic acids is 1. The van der Waals surface area contributed by atoms with Gasteiger partial charge in [-0.15, -0.1) is 11.3 Å². The van der Waals surface area contributed by atoms with Crippen molar-refractivity contribution in [3.05, 3.63) is 21.4 Å². The van der Waals surface area contributed by atoms with E-state index in [0.717, 1.165) is 12.0 Å². The SMILES string of the molecule is O=C(O)[C@H]1CCN(C(=O)c2cc3c(s2)CCOC3)C1. The van der Waals surface area contributed by atoms with E-state index in [1.807, 2.05) is 6.07 Å². The topological polar surface area (TPSA) is 66.8 Å². The number of hydrogen-bond donors (Lipinski definition) is 1. The fourth-order valence-electron chi connectivity index (χ4n) is 2.55. The van der Waals surface area contributed by atoms with Crippen molar-refractivity contribution in [3.63, 3.8) is 0 Å². The number of carboxylic acid groups (broad SMARTS) is 1. The molecule has 0 aromatic carbocycles. The molecule has 2 aliphatic heterocycles. The van der Waals surface area contributed by atoms with Gasteiger partial charge in [-0.1, -0.05) is 0 Å². The molecule has 1 amide bonds. The highest BCUT2D eigenvalue weighted by molar-refractivity contribution is 7.14. The highest BCUT2D eigenvalue weighted by atomic mass is 32.1. The van der Waals surface area contributed by atoms with E-state index in [-0.39, 0.29) is 5.91 Å². The third-order valence-corrected chi connectivity index (χ3v) is 4.89. The summed E-state index contributed by atoms with van der Waals surface area (Å²) in [4.78, 5) is 26.8. The number of carbonyl (C=O) groups is 2. The quantitative estimate of drug-likeness (QED) is 0.889. The zero-order chi connectivity index (χ0) is 13.4. The lowest BCUT2D eigenvalue weighted by Crippen LogP contribution is -2.29. The number of fused-ring (bicyclic) bond motifs is 1. The van der Waals surface area contributed by atoms with Gasteiger partial charge in [-0.05, 0) is 18.1 Å². The number of thiophene rings is 1. The van der Waals surface area contributed by atoms with E-state index in [9.17, 15) is 9.59 Å². The highest BCUT2D eigenvalue weighted by Crippen LogP contribution is 2.29. The van der Waals surface area contributed by atoms with Crippen molar-refractivity contribution in [2.75, 3.05) is 19.7 Å². The van der Waals surface area contributed by atoms with Gasteiger partial charge in [0.2, 0.25) is 0 Å². The number of nitrogens with zero attached hydrogens (tertiary/aromatic N) is 1. The minimum Gasteiger partial charge on any atom is -0.481 e. The zero-order valence-corrected chi connectivity index (χ0v) is 11.2. The summed E-state index contributed by atoms with van der Waals surface area (Å²) in [6.07, 6.45) is 1.42. The van der Waals surface area contributed by atoms with Gasteiger partial charge in [0.15, 0.2) is 0 Å². The largest absolute Gasteiger partial charge is 0.481 e. The van der Waals surface area contributed by atoms with Crippen molar-refractivity contribution >= 4 is 23.2 Å². The smallest absolute Gasteiger partial charge is 0.308 e. The Morgan fingerprint density at radius 3 is 3.00 bits per heavy atom. The fraction of sp³-hybridized carbons (Fsp3) is 0.538. The van der Waals surface area contributed by atoms with Crippen LogP contribution in [0.2, 0.25) is 0 Å². The van der Waals surface area contributed by atoms with Crippen LogP contribution in [0.4, 0.5) is 0 Å². The van der Waals surface area contributed by atoms with Crippen molar-refractivity contribution in [3.8, 4) is 0 Å². The summed E-state index contributed by atoms with van der Waals surface area (Å²) in [6.45, 7) is 2.16. The standard InChI is InChI=1S/C13H15NO4S/c15-12(14-3-1-8(6-14)13(16)17)11-5-9-7-18-4-2-10(9)19-11/h5,8H,1-4,6-7H2,(H,16,17)/t8-/m0/s1. The van der Waals surface area contributed by atoms with Crippen LogP contribution < -0.4 is 0 Å². The minimum atomic E-state index is -0.811. The van der Waals surface area contributed by atoms with Gasteiger partial charge < -0.3 is 14.7 Å². The lowest BCUT2D eigenvalue weighted by molar-refractivity contribution is -0.141. The normalized spacial score (nSPS) is 22.3. The molecule has 1 saturated heterocycles. The predicted octanol–water partition coefficient (Wildman–Crippen LogP) is 1.37. The zero-order valence-electron chi connectivity index (χ0n) is 10.4. The monoisotopic (exact) mass is 281 g/mol. The highest BCUT2D eigenvalue weighted by Gasteiger charge is 2.32. The molecule has 19 heavy (non-hydrogen) atoms. The second-order valence-corrected chi connectivity index (χ2v) is 6.07. The summed E-state index contributed by atoms with van der Waals surface area (Å²) in [5.74, 6) is -1.26.